The quantitative estimate of drug-likeness (QED) is 0.725. The van der Waals surface area contributed by atoms with Crippen molar-refractivity contribution in [2.24, 2.45) is 5.92 Å². The highest BCUT2D eigenvalue weighted by Gasteiger charge is 2.44. The molecule has 2 aliphatic rings. The van der Waals surface area contributed by atoms with Crippen LogP contribution >= 0.6 is 0 Å². The molecule has 0 spiro atoms. The van der Waals surface area contributed by atoms with Crippen molar-refractivity contribution in [3.63, 3.8) is 0 Å². The van der Waals surface area contributed by atoms with E-state index in [9.17, 15) is 18.3 Å². The maximum absolute atomic E-state index is 11.8. The van der Waals surface area contributed by atoms with Gasteiger partial charge in [-0.05, 0) is 18.8 Å². The molecule has 0 radical (unpaired) electrons. The summed E-state index contributed by atoms with van der Waals surface area (Å²) in [6.07, 6.45) is 2.21. The molecule has 98 valence electrons. The molecule has 0 unspecified atom stereocenters. The molecule has 2 rings (SSSR count). The van der Waals surface area contributed by atoms with Gasteiger partial charge in [-0.1, -0.05) is 0 Å². The molecule has 0 aromatic heterocycles. The van der Waals surface area contributed by atoms with Gasteiger partial charge in [0, 0.05) is 26.1 Å². The van der Waals surface area contributed by atoms with Crippen LogP contribution in [0.4, 0.5) is 0 Å². The minimum Gasteiger partial charge on any atom is -0.480 e. The van der Waals surface area contributed by atoms with Gasteiger partial charge < -0.3 is 9.84 Å². The van der Waals surface area contributed by atoms with Gasteiger partial charge in [0.25, 0.3) is 0 Å². The summed E-state index contributed by atoms with van der Waals surface area (Å²) in [5.41, 5.74) is -1.37. The van der Waals surface area contributed by atoms with Crippen molar-refractivity contribution >= 4 is 16.0 Å². The zero-order valence-corrected chi connectivity index (χ0v) is 10.3. The van der Waals surface area contributed by atoms with Crippen LogP contribution in [-0.2, 0) is 19.6 Å². The molecule has 0 aromatic carbocycles. The number of hydrogen-bond donors (Lipinski definition) is 2. The molecule has 1 saturated heterocycles. The number of carboxylic acids is 1. The van der Waals surface area contributed by atoms with Crippen LogP contribution < -0.4 is 4.72 Å². The van der Waals surface area contributed by atoms with Crippen molar-refractivity contribution in [2.75, 3.05) is 19.0 Å². The molecule has 7 heteroatoms. The molecule has 2 fully saturated rings. The molecule has 1 aliphatic heterocycles. The van der Waals surface area contributed by atoms with E-state index in [2.05, 4.69) is 4.72 Å². The van der Waals surface area contributed by atoms with E-state index in [1.54, 1.807) is 0 Å². The van der Waals surface area contributed by atoms with E-state index in [4.69, 9.17) is 4.74 Å². The summed E-state index contributed by atoms with van der Waals surface area (Å²) in [5, 5.41) is 9.22. The number of sulfonamides is 1. The predicted molar refractivity (Wildman–Crippen MR) is 60.1 cm³/mol. The highest BCUT2D eigenvalue weighted by molar-refractivity contribution is 7.89. The second kappa shape index (κ2) is 4.55. The van der Waals surface area contributed by atoms with Crippen LogP contribution in [0, 0.1) is 5.92 Å². The molecule has 2 N–H and O–H groups in total. The molecule has 1 heterocycles. The second-order valence-electron chi connectivity index (χ2n) is 4.83. The Morgan fingerprint density at radius 3 is 2.41 bits per heavy atom. The van der Waals surface area contributed by atoms with Crippen LogP contribution in [0.3, 0.4) is 0 Å². The lowest BCUT2D eigenvalue weighted by atomic mass is 9.92. The maximum Gasteiger partial charge on any atom is 0.325 e. The van der Waals surface area contributed by atoms with Crippen molar-refractivity contribution in [1.29, 1.82) is 0 Å². The Morgan fingerprint density at radius 2 is 1.94 bits per heavy atom. The summed E-state index contributed by atoms with van der Waals surface area (Å²) < 4.78 is 31.1. The van der Waals surface area contributed by atoms with Crippen LogP contribution in [0.25, 0.3) is 0 Å². The Balaban J connectivity index is 2.08. The Morgan fingerprint density at radius 1 is 1.35 bits per heavy atom. The fraction of sp³-hybridized carbons (Fsp3) is 0.900. The lowest BCUT2D eigenvalue weighted by Gasteiger charge is -2.33. The molecule has 0 bridgehead atoms. The monoisotopic (exact) mass is 263 g/mol. The topological polar surface area (TPSA) is 92.7 Å². The van der Waals surface area contributed by atoms with Gasteiger partial charge in [-0.25, -0.2) is 8.42 Å². The van der Waals surface area contributed by atoms with E-state index >= 15 is 0 Å². The molecule has 17 heavy (non-hydrogen) atoms. The third-order valence-corrected chi connectivity index (χ3v) is 4.87. The molecule has 1 aliphatic carbocycles. The van der Waals surface area contributed by atoms with Gasteiger partial charge >= 0.3 is 5.97 Å². The van der Waals surface area contributed by atoms with E-state index in [1.165, 1.54) is 0 Å². The fourth-order valence-electron chi connectivity index (χ4n) is 2.01. The van der Waals surface area contributed by atoms with E-state index in [-0.39, 0.29) is 37.7 Å². The van der Waals surface area contributed by atoms with Gasteiger partial charge in [0.15, 0.2) is 0 Å². The van der Waals surface area contributed by atoms with Gasteiger partial charge in [0.05, 0.1) is 5.75 Å². The number of aliphatic carboxylic acids is 1. The summed E-state index contributed by atoms with van der Waals surface area (Å²) in [5.74, 6) is -0.860. The SMILES string of the molecule is O=C(O)C1(NS(=O)(=O)CC2CC2)CCOCC1. The number of nitrogens with one attached hydrogen (secondary N) is 1. The Kier molecular flexibility index (Phi) is 3.42. The minimum absolute atomic E-state index is 0.0445. The smallest absolute Gasteiger partial charge is 0.325 e. The van der Waals surface area contributed by atoms with Gasteiger partial charge in [-0.2, -0.15) is 4.72 Å². The molecular weight excluding hydrogens is 246 g/mol. The predicted octanol–water partition coefficient (Wildman–Crippen LogP) is -0.0504. The maximum atomic E-state index is 11.8. The summed E-state index contributed by atoms with van der Waals surface area (Å²) in [4.78, 5) is 11.3. The lowest BCUT2D eigenvalue weighted by molar-refractivity contribution is -0.147. The first kappa shape index (κ1) is 12.8. The van der Waals surface area contributed by atoms with Crippen LogP contribution in [0.2, 0.25) is 0 Å². The average Bonchev–Trinajstić information content (AvgIpc) is 3.01. The number of carboxylic acid groups (broad SMARTS) is 1. The van der Waals surface area contributed by atoms with E-state index in [1.807, 2.05) is 0 Å². The Bertz CT molecular complexity index is 395. The first-order chi connectivity index (χ1) is 7.94. The number of rotatable bonds is 5. The number of ether oxygens (including phenoxy) is 1. The third kappa shape index (κ3) is 3.17. The first-order valence-electron chi connectivity index (χ1n) is 5.76. The van der Waals surface area contributed by atoms with Crippen molar-refractivity contribution in [3.8, 4) is 0 Å². The number of hydrogen-bond acceptors (Lipinski definition) is 4. The molecule has 0 aromatic rings. The average molecular weight is 263 g/mol. The Hall–Kier alpha value is -0.660. The lowest BCUT2D eigenvalue weighted by Crippen LogP contribution is -2.57. The van der Waals surface area contributed by atoms with E-state index < -0.39 is 21.5 Å². The van der Waals surface area contributed by atoms with Crippen LogP contribution in [0.5, 0.6) is 0 Å². The van der Waals surface area contributed by atoms with Gasteiger partial charge in [0.2, 0.25) is 10.0 Å². The minimum atomic E-state index is -3.51. The zero-order chi connectivity index (χ0) is 12.5. The molecule has 0 atom stereocenters. The second-order valence-corrected chi connectivity index (χ2v) is 6.59. The highest BCUT2D eigenvalue weighted by Crippen LogP contribution is 2.31. The van der Waals surface area contributed by atoms with E-state index in [0.29, 0.717) is 0 Å². The van der Waals surface area contributed by atoms with Crippen LogP contribution in [0.15, 0.2) is 0 Å². The van der Waals surface area contributed by atoms with Crippen molar-refractivity contribution in [1.82, 2.24) is 4.72 Å². The molecule has 0 amide bonds. The summed E-state index contributed by atoms with van der Waals surface area (Å²) in [7, 11) is -3.51. The standard InChI is InChI=1S/C10H17NO5S/c12-9(13)10(3-5-16-6-4-10)11-17(14,15)7-8-1-2-8/h8,11H,1-7H2,(H,12,13). The van der Waals surface area contributed by atoms with Crippen LogP contribution in [0.1, 0.15) is 25.7 Å². The van der Waals surface area contributed by atoms with Crippen molar-refractivity contribution in [2.45, 2.75) is 31.2 Å². The highest BCUT2D eigenvalue weighted by atomic mass is 32.2. The first-order valence-corrected chi connectivity index (χ1v) is 7.42. The normalized spacial score (nSPS) is 24.5. The molecule has 6 nitrogen and oxygen atoms in total. The summed E-state index contributed by atoms with van der Waals surface area (Å²) in [6.45, 7) is 0.552. The number of carbonyl (C=O) groups is 1. The summed E-state index contributed by atoms with van der Waals surface area (Å²) >= 11 is 0. The zero-order valence-electron chi connectivity index (χ0n) is 9.52. The van der Waals surface area contributed by atoms with Crippen molar-refractivity contribution in [3.05, 3.63) is 0 Å². The molecule has 1 saturated carbocycles. The molecular formula is C10H17NO5S. The third-order valence-electron chi connectivity index (χ3n) is 3.26. The van der Waals surface area contributed by atoms with Gasteiger partial charge in [-0.3, -0.25) is 4.79 Å². The largest absolute Gasteiger partial charge is 0.480 e. The van der Waals surface area contributed by atoms with Crippen LogP contribution in [-0.4, -0.2) is 44.0 Å². The van der Waals surface area contributed by atoms with Crippen molar-refractivity contribution < 1.29 is 23.1 Å². The van der Waals surface area contributed by atoms with Gasteiger partial charge in [0.1, 0.15) is 5.54 Å². The summed E-state index contributed by atoms with van der Waals surface area (Å²) in [6, 6.07) is 0. The van der Waals surface area contributed by atoms with E-state index in [0.717, 1.165) is 12.8 Å². The van der Waals surface area contributed by atoms with Gasteiger partial charge in [-0.15, -0.1) is 0 Å². The fourth-order valence-corrected chi connectivity index (χ4v) is 3.94. The Labute approximate surface area is 100 Å².